The van der Waals surface area contributed by atoms with Crippen molar-refractivity contribution < 1.29 is 0 Å². The van der Waals surface area contributed by atoms with Crippen LogP contribution in [-0.4, -0.2) is 12.6 Å². The van der Waals surface area contributed by atoms with E-state index in [-0.39, 0.29) is 0 Å². The van der Waals surface area contributed by atoms with Crippen LogP contribution >= 0.6 is 0 Å². The quantitative estimate of drug-likeness (QED) is 0.852. The summed E-state index contributed by atoms with van der Waals surface area (Å²) < 4.78 is 0. The van der Waals surface area contributed by atoms with E-state index in [1.807, 2.05) is 0 Å². The van der Waals surface area contributed by atoms with Gasteiger partial charge < -0.3 is 5.32 Å². The molecule has 1 nitrogen and oxygen atoms in total. The molecule has 0 spiro atoms. The summed E-state index contributed by atoms with van der Waals surface area (Å²) in [6.07, 6.45) is 1.35. The van der Waals surface area contributed by atoms with Gasteiger partial charge in [-0.3, -0.25) is 0 Å². The molecular weight excluding hydrogens is 218 g/mol. The number of nitrogens with one attached hydrogen (secondary N) is 1. The van der Waals surface area contributed by atoms with Crippen molar-refractivity contribution in [2.45, 2.75) is 32.2 Å². The highest BCUT2D eigenvalue weighted by Gasteiger charge is 2.37. The van der Waals surface area contributed by atoms with Crippen molar-refractivity contribution in [1.29, 1.82) is 0 Å². The Kier molecular flexibility index (Phi) is 3.09. The second-order valence-corrected chi connectivity index (χ2v) is 5.77. The van der Waals surface area contributed by atoms with Gasteiger partial charge in [-0.05, 0) is 41.1 Å². The summed E-state index contributed by atoms with van der Waals surface area (Å²) >= 11 is 0. The smallest absolute Gasteiger partial charge is 0.00104 e. The lowest BCUT2D eigenvalue weighted by Crippen LogP contribution is -2.25. The zero-order valence-corrected chi connectivity index (χ0v) is 11.2. The average molecular weight is 239 g/mol. The van der Waals surface area contributed by atoms with Gasteiger partial charge in [-0.1, -0.05) is 56.3 Å². The Morgan fingerprint density at radius 2 is 1.89 bits per heavy atom. The first-order chi connectivity index (χ1) is 8.74. The fourth-order valence-corrected chi connectivity index (χ4v) is 2.71. The van der Waals surface area contributed by atoms with Gasteiger partial charge in [0.05, 0.1) is 0 Å². The van der Waals surface area contributed by atoms with Gasteiger partial charge in [0.15, 0.2) is 0 Å². The highest BCUT2D eigenvalue weighted by molar-refractivity contribution is 5.83. The molecule has 1 N–H and O–H groups in total. The Balaban J connectivity index is 1.72. The lowest BCUT2D eigenvalue weighted by Gasteiger charge is -2.07. The van der Waals surface area contributed by atoms with Crippen LogP contribution in [0.4, 0.5) is 0 Å². The highest BCUT2D eigenvalue weighted by Crippen LogP contribution is 2.47. The lowest BCUT2D eigenvalue weighted by molar-refractivity contribution is 0.555. The molecule has 0 radical (unpaired) electrons. The van der Waals surface area contributed by atoms with E-state index in [9.17, 15) is 0 Å². The molecule has 1 aliphatic carbocycles. The summed E-state index contributed by atoms with van der Waals surface area (Å²) in [7, 11) is 0. The Bertz CT molecular complexity index is 544. The van der Waals surface area contributed by atoms with Crippen LogP contribution in [0.3, 0.4) is 0 Å². The minimum Gasteiger partial charge on any atom is -0.314 e. The van der Waals surface area contributed by atoms with Gasteiger partial charge in [-0.25, -0.2) is 0 Å². The van der Waals surface area contributed by atoms with Crippen LogP contribution in [0.2, 0.25) is 0 Å². The fourth-order valence-electron chi connectivity index (χ4n) is 2.71. The molecule has 0 bridgehead atoms. The number of hydrogen-bond donors (Lipinski definition) is 1. The third kappa shape index (κ3) is 2.41. The molecule has 0 saturated heterocycles. The summed E-state index contributed by atoms with van der Waals surface area (Å²) in [6, 6.07) is 16.2. The van der Waals surface area contributed by atoms with Crippen LogP contribution in [0.25, 0.3) is 10.8 Å². The molecule has 0 amide bonds. The summed E-state index contributed by atoms with van der Waals surface area (Å²) in [5.41, 5.74) is 1.52. The van der Waals surface area contributed by atoms with E-state index in [4.69, 9.17) is 0 Å². The minimum absolute atomic E-state index is 0.600. The van der Waals surface area contributed by atoms with Crippen LogP contribution in [0, 0.1) is 5.92 Å². The van der Waals surface area contributed by atoms with Crippen molar-refractivity contribution in [2.75, 3.05) is 6.54 Å². The number of benzene rings is 2. The van der Waals surface area contributed by atoms with Crippen LogP contribution in [0.1, 0.15) is 31.7 Å². The van der Waals surface area contributed by atoms with E-state index >= 15 is 0 Å². The van der Waals surface area contributed by atoms with Gasteiger partial charge >= 0.3 is 0 Å². The molecule has 18 heavy (non-hydrogen) atoms. The van der Waals surface area contributed by atoms with Crippen molar-refractivity contribution in [3.05, 3.63) is 48.0 Å². The van der Waals surface area contributed by atoms with Gasteiger partial charge in [0.25, 0.3) is 0 Å². The Morgan fingerprint density at radius 1 is 1.11 bits per heavy atom. The summed E-state index contributed by atoms with van der Waals surface area (Å²) in [4.78, 5) is 0. The maximum atomic E-state index is 3.54. The van der Waals surface area contributed by atoms with Crippen molar-refractivity contribution >= 4 is 10.8 Å². The molecule has 2 aromatic carbocycles. The molecule has 1 aliphatic rings. The highest BCUT2D eigenvalue weighted by atomic mass is 14.9. The first-order valence-electron chi connectivity index (χ1n) is 6.96. The van der Waals surface area contributed by atoms with Gasteiger partial charge in [0.1, 0.15) is 0 Å². The molecule has 2 aromatic rings. The lowest BCUT2D eigenvalue weighted by atomic mass is 10.0. The second-order valence-electron chi connectivity index (χ2n) is 5.77. The molecule has 3 rings (SSSR count). The van der Waals surface area contributed by atoms with Crippen molar-refractivity contribution in [1.82, 2.24) is 5.32 Å². The van der Waals surface area contributed by atoms with E-state index in [2.05, 4.69) is 61.6 Å². The topological polar surface area (TPSA) is 12.0 Å². The predicted molar refractivity (Wildman–Crippen MR) is 77.9 cm³/mol. The van der Waals surface area contributed by atoms with Crippen molar-refractivity contribution in [3.63, 3.8) is 0 Å². The van der Waals surface area contributed by atoms with Gasteiger partial charge in [-0.15, -0.1) is 0 Å². The number of rotatable bonds is 4. The van der Waals surface area contributed by atoms with E-state index in [1.54, 1.807) is 0 Å². The Hall–Kier alpha value is -1.34. The molecule has 94 valence electrons. The van der Waals surface area contributed by atoms with Crippen LogP contribution in [0.15, 0.2) is 42.5 Å². The summed E-state index contributed by atoms with van der Waals surface area (Å²) in [5, 5.41) is 6.26. The van der Waals surface area contributed by atoms with E-state index < -0.39 is 0 Å². The van der Waals surface area contributed by atoms with Crippen LogP contribution in [-0.2, 0) is 0 Å². The minimum atomic E-state index is 0.600. The molecule has 0 heterocycles. The first-order valence-corrected chi connectivity index (χ1v) is 6.96. The average Bonchev–Trinajstić information content (AvgIpc) is 3.15. The van der Waals surface area contributed by atoms with Gasteiger partial charge in [0.2, 0.25) is 0 Å². The van der Waals surface area contributed by atoms with Gasteiger partial charge in [-0.2, -0.15) is 0 Å². The normalized spacial score (nSPS) is 22.6. The fraction of sp³-hybridized carbons (Fsp3) is 0.412. The molecule has 0 aromatic heterocycles. The molecule has 2 unspecified atom stereocenters. The SMILES string of the molecule is CC(C)NCC1CC1c1ccc2ccccc2c1. The van der Waals surface area contributed by atoms with Gasteiger partial charge in [0, 0.05) is 6.04 Å². The van der Waals surface area contributed by atoms with Crippen molar-refractivity contribution in [3.8, 4) is 0 Å². The maximum absolute atomic E-state index is 3.54. The molecule has 1 fully saturated rings. The van der Waals surface area contributed by atoms with E-state index in [0.717, 1.165) is 18.4 Å². The third-order valence-corrected chi connectivity index (χ3v) is 3.91. The molecule has 0 aliphatic heterocycles. The zero-order valence-electron chi connectivity index (χ0n) is 11.2. The number of hydrogen-bond acceptors (Lipinski definition) is 1. The predicted octanol–water partition coefficient (Wildman–Crippen LogP) is 3.94. The number of fused-ring (bicyclic) bond motifs is 1. The Labute approximate surface area is 109 Å². The van der Waals surface area contributed by atoms with Crippen LogP contribution in [0.5, 0.6) is 0 Å². The first kappa shape index (κ1) is 11.7. The molecule has 1 heteroatoms. The van der Waals surface area contributed by atoms with Crippen molar-refractivity contribution in [2.24, 2.45) is 5.92 Å². The van der Waals surface area contributed by atoms with E-state index in [0.29, 0.717) is 6.04 Å². The standard InChI is InChI=1S/C17H21N/c1-12(2)18-11-16-10-17(16)15-8-7-13-5-3-4-6-14(13)9-15/h3-9,12,16-18H,10-11H2,1-2H3. The molecule has 1 saturated carbocycles. The maximum Gasteiger partial charge on any atom is 0.00104 e. The third-order valence-electron chi connectivity index (χ3n) is 3.91. The summed E-state index contributed by atoms with van der Waals surface area (Å²) in [6.45, 7) is 5.59. The Morgan fingerprint density at radius 3 is 2.67 bits per heavy atom. The zero-order chi connectivity index (χ0) is 12.5. The summed E-state index contributed by atoms with van der Waals surface area (Å²) in [5.74, 6) is 1.62. The molecule has 2 atom stereocenters. The van der Waals surface area contributed by atoms with E-state index in [1.165, 1.54) is 22.8 Å². The van der Waals surface area contributed by atoms with Crippen LogP contribution < -0.4 is 5.32 Å². The monoisotopic (exact) mass is 239 g/mol. The second kappa shape index (κ2) is 4.74. The largest absolute Gasteiger partial charge is 0.314 e. The molecular formula is C17H21N.